The summed E-state index contributed by atoms with van der Waals surface area (Å²) >= 11 is 5.92. The van der Waals surface area contributed by atoms with E-state index in [1.54, 1.807) is 12.1 Å². The largest absolute Gasteiger partial charge is 0.491 e. The van der Waals surface area contributed by atoms with Crippen molar-refractivity contribution in [2.75, 3.05) is 19.7 Å². The molecule has 5 nitrogen and oxygen atoms in total. The molecule has 0 radical (unpaired) electrons. The summed E-state index contributed by atoms with van der Waals surface area (Å²) in [6, 6.07) is 9.37. The van der Waals surface area contributed by atoms with E-state index in [-0.39, 0.29) is 12.6 Å². The average Bonchev–Trinajstić information content (AvgIpc) is 3.14. The Morgan fingerprint density at radius 1 is 1.48 bits per heavy atom. The van der Waals surface area contributed by atoms with E-state index in [0.717, 1.165) is 30.8 Å². The molecule has 1 aromatic heterocycles. The Morgan fingerprint density at radius 2 is 2.35 bits per heavy atom. The minimum atomic E-state index is -0.567. The number of nitrogens with zero attached hydrogens (tertiary/aromatic N) is 2. The van der Waals surface area contributed by atoms with Crippen LogP contribution in [0.25, 0.3) is 0 Å². The van der Waals surface area contributed by atoms with Crippen molar-refractivity contribution in [1.82, 2.24) is 10.1 Å². The zero-order valence-electron chi connectivity index (χ0n) is 13.1. The van der Waals surface area contributed by atoms with Crippen LogP contribution in [0.15, 0.2) is 34.9 Å². The first-order valence-corrected chi connectivity index (χ1v) is 8.23. The normalized spacial score (nSPS) is 19.9. The van der Waals surface area contributed by atoms with E-state index >= 15 is 0 Å². The molecule has 124 valence electrons. The molecule has 1 aliphatic heterocycles. The fourth-order valence-electron chi connectivity index (χ4n) is 2.99. The van der Waals surface area contributed by atoms with Crippen molar-refractivity contribution in [1.29, 1.82) is 0 Å². The minimum Gasteiger partial charge on any atom is -0.491 e. The molecule has 23 heavy (non-hydrogen) atoms. The molecular weight excluding hydrogens is 316 g/mol. The Balaban J connectivity index is 1.53. The number of aliphatic hydroxyl groups excluding tert-OH is 1. The molecule has 2 atom stereocenters. The second-order valence-corrected chi connectivity index (χ2v) is 6.37. The number of ether oxygens (including phenoxy) is 1. The number of halogens is 1. The number of aryl methyl sites for hydroxylation is 1. The van der Waals surface area contributed by atoms with E-state index in [1.165, 1.54) is 0 Å². The van der Waals surface area contributed by atoms with Gasteiger partial charge in [0.05, 0.1) is 6.04 Å². The first kappa shape index (κ1) is 16.3. The Kier molecular flexibility index (Phi) is 5.20. The number of β-amino-alcohol motifs (C(OH)–C–C–N with tert-alkyl or cyclic N) is 1. The molecule has 6 heteroatoms. The standard InChI is InChI=1S/C17H21ClN2O3/c1-12-8-16(19-23-12)17-6-3-7-20(17)10-14(21)11-22-15-5-2-4-13(18)9-15/h2,4-5,8-9,14,17,21H,3,6-7,10-11H2,1H3. The lowest BCUT2D eigenvalue weighted by Crippen LogP contribution is -2.35. The van der Waals surface area contributed by atoms with Gasteiger partial charge in [-0.05, 0) is 44.5 Å². The highest BCUT2D eigenvalue weighted by Crippen LogP contribution is 2.31. The van der Waals surface area contributed by atoms with Gasteiger partial charge in [0, 0.05) is 17.6 Å². The van der Waals surface area contributed by atoms with Crippen molar-refractivity contribution < 1.29 is 14.4 Å². The predicted molar refractivity (Wildman–Crippen MR) is 87.7 cm³/mol. The van der Waals surface area contributed by atoms with Crippen molar-refractivity contribution in [2.24, 2.45) is 0 Å². The van der Waals surface area contributed by atoms with Gasteiger partial charge in [0.1, 0.15) is 29.9 Å². The topological polar surface area (TPSA) is 58.7 Å². The van der Waals surface area contributed by atoms with E-state index in [9.17, 15) is 5.11 Å². The van der Waals surface area contributed by atoms with E-state index in [2.05, 4.69) is 10.1 Å². The monoisotopic (exact) mass is 336 g/mol. The maximum atomic E-state index is 10.3. The van der Waals surface area contributed by atoms with Crippen molar-refractivity contribution in [3.8, 4) is 5.75 Å². The highest BCUT2D eigenvalue weighted by molar-refractivity contribution is 6.30. The van der Waals surface area contributed by atoms with E-state index in [0.29, 0.717) is 17.3 Å². The van der Waals surface area contributed by atoms with Gasteiger partial charge in [0.25, 0.3) is 0 Å². The number of hydrogen-bond donors (Lipinski definition) is 1. The summed E-state index contributed by atoms with van der Waals surface area (Å²) in [5, 5.41) is 15.0. The summed E-state index contributed by atoms with van der Waals surface area (Å²) < 4.78 is 10.8. The van der Waals surface area contributed by atoms with Crippen LogP contribution in [-0.2, 0) is 0 Å². The quantitative estimate of drug-likeness (QED) is 0.877. The summed E-state index contributed by atoms with van der Waals surface area (Å²) in [4.78, 5) is 2.24. The molecule has 0 bridgehead atoms. The third-order valence-electron chi connectivity index (χ3n) is 4.03. The summed E-state index contributed by atoms with van der Waals surface area (Å²) in [7, 11) is 0. The predicted octanol–water partition coefficient (Wildman–Crippen LogP) is 3.21. The van der Waals surface area contributed by atoms with Gasteiger partial charge in [0.15, 0.2) is 0 Å². The Bertz CT molecular complexity index is 646. The number of rotatable bonds is 6. The van der Waals surface area contributed by atoms with Gasteiger partial charge < -0.3 is 14.4 Å². The van der Waals surface area contributed by atoms with Crippen molar-refractivity contribution in [3.05, 3.63) is 46.8 Å². The van der Waals surface area contributed by atoms with Crippen LogP contribution in [-0.4, -0.2) is 41.0 Å². The molecule has 3 rings (SSSR count). The van der Waals surface area contributed by atoms with Crippen LogP contribution in [0.5, 0.6) is 5.75 Å². The smallest absolute Gasteiger partial charge is 0.133 e. The molecule has 1 N–H and O–H groups in total. The summed E-state index contributed by atoms with van der Waals surface area (Å²) in [6.07, 6.45) is 1.56. The highest BCUT2D eigenvalue weighted by atomic mass is 35.5. The van der Waals surface area contributed by atoms with E-state index < -0.39 is 6.10 Å². The highest BCUT2D eigenvalue weighted by Gasteiger charge is 2.29. The second-order valence-electron chi connectivity index (χ2n) is 5.94. The van der Waals surface area contributed by atoms with Crippen LogP contribution in [0.4, 0.5) is 0 Å². The lowest BCUT2D eigenvalue weighted by Gasteiger charge is -2.25. The SMILES string of the molecule is Cc1cc(C2CCCN2CC(O)COc2cccc(Cl)c2)no1. The van der Waals surface area contributed by atoms with Crippen LogP contribution >= 0.6 is 11.6 Å². The molecule has 1 fully saturated rings. The lowest BCUT2D eigenvalue weighted by molar-refractivity contribution is 0.0628. The van der Waals surface area contributed by atoms with Crippen molar-refractivity contribution in [3.63, 3.8) is 0 Å². The van der Waals surface area contributed by atoms with Crippen LogP contribution in [0.3, 0.4) is 0 Å². The number of benzene rings is 1. The molecule has 0 amide bonds. The van der Waals surface area contributed by atoms with Gasteiger partial charge in [-0.3, -0.25) is 4.90 Å². The summed E-state index contributed by atoms with van der Waals surface area (Å²) in [5.41, 5.74) is 0.947. The van der Waals surface area contributed by atoms with Crippen LogP contribution < -0.4 is 4.74 Å². The van der Waals surface area contributed by atoms with Crippen LogP contribution in [0.1, 0.15) is 30.3 Å². The molecular formula is C17H21ClN2O3. The average molecular weight is 337 g/mol. The van der Waals surface area contributed by atoms with Crippen molar-refractivity contribution >= 4 is 11.6 Å². The molecule has 2 unspecified atom stereocenters. The molecule has 2 heterocycles. The van der Waals surface area contributed by atoms with Gasteiger partial charge in [0.2, 0.25) is 0 Å². The Morgan fingerprint density at radius 3 is 3.09 bits per heavy atom. The van der Waals surface area contributed by atoms with Gasteiger partial charge in [-0.1, -0.05) is 22.8 Å². The zero-order chi connectivity index (χ0) is 16.2. The fourth-order valence-corrected chi connectivity index (χ4v) is 3.18. The third-order valence-corrected chi connectivity index (χ3v) is 4.27. The Labute approximate surface area is 140 Å². The summed E-state index contributed by atoms with van der Waals surface area (Å²) in [5.74, 6) is 1.48. The van der Waals surface area contributed by atoms with Gasteiger partial charge in [-0.2, -0.15) is 0 Å². The fraction of sp³-hybridized carbons (Fsp3) is 0.471. The third kappa shape index (κ3) is 4.25. The molecule has 0 saturated carbocycles. The van der Waals surface area contributed by atoms with Crippen LogP contribution in [0.2, 0.25) is 5.02 Å². The summed E-state index contributed by atoms with van der Waals surface area (Å²) in [6.45, 7) is 3.63. The van der Waals surface area contributed by atoms with Crippen molar-refractivity contribution in [2.45, 2.75) is 31.9 Å². The number of hydrogen-bond acceptors (Lipinski definition) is 5. The molecule has 0 spiro atoms. The molecule has 2 aromatic rings. The minimum absolute atomic E-state index is 0.216. The Hall–Kier alpha value is -1.56. The molecule has 1 aromatic carbocycles. The van der Waals surface area contributed by atoms with Gasteiger partial charge >= 0.3 is 0 Å². The molecule has 1 saturated heterocycles. The van der Waals surface area contributed by atoms with E-state index in [4.69, 9.17) is 20.9 Å². The molecule has 0 aliphatic carbocycles. The number of likely N-dealkylation sites (tertiary alicyclic amines) is 1. The van der Waals surface area contributed by atoms with E-state index in [1.807, 2.05) is 25.1 Å². The number of aromatic nitrogens is 1. The first-order valence-electron chi connectivity index (χ1n) is 7.85. The maximum absolute atomic E-state index is 10.3. The zero-order valence-corrected chi connectivity index (χ0v) is 13.9. The maximum Gasteiger partial charge on any atom is 0.133 e. The lowest BCUT2D eigenvalue weighted by atomic mass is 10.1. The second kappa shape index (κ2) is 7.34. The van der Waals surface area contributed by atoms with Crippen LogP contribution in [0, 0.1) is 6.92 Å². The van der Waals surface area contributed by atoms with Gasteiger partial charge in [-0.25, -0.2) is 0 Å². The van der Waals surface area contributed by atoms with Gasteiger partial charge in [-0.15, -0.1) is 0 Å². The molecule has 1 aliphatic rings. The first-order chi connectivity index (χ1) is 11.1. The number of aliphatic hydroxyl groups is 1.